The summed E-state index contributed by atoms with van der Waals surface area (Å²) < 4.78 is 0. The highest BCUT2D eigenvalue weighted by atomic mass is 35.5. The fourth-order valence-electron chi connectivity index (χ4n) is 9.07. The van der Waals surface area contributed by atoms with Crippen molar-refractivity contribution in [3.05, 3.63) is 34.9 Å². The second kappa shape index (κ2) is 15.4. The maximum Gasteiger partial charge on any atom is 0.407 e. The van der Waals surface area contributed by atoms with Crippen LogP contribution >= 0.6 is 11.6 Å². The van der Waals surface area contributed by atoms with Crippen LogP contribution in [-0.4, -0.2) is 105 Å². The topological polar surface area (TPSA) is 96.4 Å². The molecular weight excluding hydrogens is 614 g/mol. The van der Waals surface area contributed by atoms with Crippen molar-refractivity contribution in [2.75, 3.05) is 19.6 Å². The van der Waals surface area contributed by atoms with Gasteiger partial charge in [0, 0.05) is 60.9 Å². The minimum Gasteiger partial charge on any atom is -0.465 e. The van der Waals surface area contributed by atoms with E-state index in [1.807, 2.05) is 29.2 Å². The standard InChI is InChI=1S/C37H58ClN5O4/c1-6-40(7-2)35(45)43(28-11-9-8-10-12-28)31-23-29-17-18-30(24-31)42(29)34(44)32(21-25-13-15-26(38)16-14-25)39-27-19-20-41(36(46)47)33(22-27)37(3,4)5/h13-16,27-33,39H,6-12,17-24H2,1-5H3,(H,46,47)/t27?,29?,30?,31?,32-,33?/m1/s1. The highest BCUT2D eigenvalue weighted by Gasteiger charge is 2.49. The van der Waals surface area contributed by atoms with Gasteiger partial charge in [-0.2, -0.15) is 0 Å². The van der Waals surface area contributed by atoms with Gasteiger partial charge >= 0.3 is 12.1 Å². The van der Waals surface area contributed by atoms with Gasteiger partial charge in [-0.1, -0.05) is 63.8 Å². The molecule has 262 valence electrons. The number of hydrogen-bond acceptors (Lipinski definition) is 4. The molecule has 2 bridgehead atoms. The van der Waals surface area contributed by atoms with Gasteiger partial charge in [0.25, 0.3) is 0 Å². The van der Waals surface area contributed by atoms with E-state index in [-0.39, 0.29) is 53.6 Å². The highest BCUT2D eigenvalue weighted by molar-refractivity contribution is 6.30. The fraction of sp³-hybridized carbons (Fsp3) is 0.757. The Bertz CT molecular complexity index is 1210. The second-order valence-corrected chi connectivity index (χ2v) is 16.0. The SMILES string of the molecule is CCN(CC)C(=O)N(C1CCCCC1)C1CC2CCC(C1)N2C(=O)[C@@H](Cc1ccc(Cl)cc1)NC1CCN(C(=O)O)C(C(C)(C)C)C1. The van der Waals surface area contributed by atoms with E-state index >= 15 is 0 Å². The fourth-order valence-corrected chi connectivity index (χ4v) is 9.19. The van der Waals surface area contributed by atoms with Gasteiger partial charge in [-0.25, -0.2) is 9.59 Å². The predicted molar refractivity (Wildman–Crippen MR) is 187 cm³/mol. The van der Waals surface area contributed by atoms with Crippen LogP contribution in [0.3, 0.4) is 0 Å². The Morgan fingerprint density at radius 3 is 2.09 bits per heavy atom. The van der Waals surface area contributed by atoms with Crippen molar-refractivity contribution in [3.63, 3.8) is 0 Å². The molecule has 4 amide bonds. The number of hydrogen-bond donors (Lipinski definition) is 2. The molecule has 4 unspecified atom stereocenters. The summed E-state index contributed by atoms with van der Waals surface area (Å²) >= 11 is 6.21. The minimum absolute atomic E-state index is 0.0275. The van der Waals surface area contributed by atoms with Gasteiger partial charge in [-0.3, -0.25) is 4.79 Å². The average molecular weight is 672 g/mol. The monoisotopic (exact) mass is 671 g/mol. The quantitative estimate of drug-likeness (QED) is 0.294. The van der Waals surface area contributed by atoms with Gasteiger partial charge in [0.05, 0.1) is 6.04 Å². The third-order valence-electron chi connectivity index (χ3n) is 11.5. The van der Waals surface area contributed by atoms with Gasteiger partial charge in [-0.05, 0) is 94.7 Å². The molecule has 4 aliphatic rings. The molecule has 0 aromatic heterocycles. The van der Waals surface area contributed by atoms with E-state index in [0.29, 0.717) is 43.9 Å². The lowest BCUT2D eigenvalue weighted by molar-refractivity contribution is -0.139. The summed E-state index contributed by atoms with van der Waals surface area (Å²) in [5.41, 5.74) is 0.827. The van der Waals surface area contributed by atoms with Gasteiger partial charge in [0.2, 0.25) is 5.91 Å². The zero-order valence-corrected chi connectivity index (χ0v) is 30.1. The number of likely N-dealkylation sites (tertiary alicyclic amines) is 1. The Hall–Kier alpha value is -2.52. The molecule has 1 saturated carbocycles. The highest BCUT2D eigenvalue weighted by Crippen LogP contribution is 2.41. The molecule has 5 atom stereocenters. The van der Waals surface area contributed by atoms with E-state index in [2.05, 4.69) is 49.7 Å². The van der Waals surface area contributed by atoms with Crippen molar-refractivity contribution in [1.82, 2.24) is 24.9 Å². The van der Waals surface area contributed by atoms with E-state index < -0.39 is 12.1 Å². The number of piperidine rings is 2. The summed E-state index contributed by atoms with van der Waals surface area (Å²) in [6.45, 7) is 12.3. The first-order valence-electron chi connectivity index (χ1n) is 18.3. The first-order chi connectivity index (χ1) is 22.4. The lowest BCUT2D eigenvalue weighted by Gasteiger charge is -2.49. The average Bonchev–Trinajstić information content (AvgIpc) is 3.31. The summed E-state index contributed by atoms with van der Waals surface area (Å²) in [6.07, 6.45) is 10.4. The number of halogens is 1. The molecule has 2 N–H and O–H groups in total. The molecule has 3 saturated heterocycles. The number of carbonyl (C=O) groups is 3. The molecule has 3 heterocycles. The zero-order valence-electron chi connectivity index (χ0n) is 29.3. The van der Waals surface area contributed by atoms with Crippen molar-refractivity contribution in [3.8, 4) is 0 Å². The van der Waals surface area contributed by atoms with E-state index in [1.165, 1.54) is 19.3 Å². The molecule has 9 nitrogen and oxygen atoms in total. The Kier molecular flexibility index (Phi) is 11.7. The third kappa shape index (κ3) is 8.21. The predicted octanol–water partition coefficient (Wildman–Crippen LogP) is 7.02. The Balaban J connectivity index is 1.36. The Labute approximate surface area is 287 Å². The summed E-state index contributed by atoms with van der Waals surface area (Å²) in [6, 6.07) is 8.06. The summed E-state index contributed by atoms with van der Waals surface area (Å²) in [7, 11) is 0. The third-order valence-corrected chi connectivity index (χ3v) is 11.8. The number of carbonyl (C=O) groups excluding carboxylic acids is 2. The van der Waals surface area contributed by atoms with Gasteiger partial charge in [-0.15, -0.1) is 0 Å². The van der Waals surface area contributed by atoms with Crippen LogP contribution in [0.5, 0.6) is 0 Å². The Morgan fingerprint density at radius 2 is 1.53 bits per heavy atom. The molecule has 0 spiro atoms. The van der Waals surface area contributed by atoms with Crippen LogP contribution in [0.1, 0.15) is 111 Å². The number of amides is 4. The summed E-state index contributed by atoms with van der Waals surface area (Å²) in [5.74, 6) is 0.137. The number of nitrogens with one attached hydrogen (secondary N) is 1. The number of urea groups is 1. The van der Waals surface area contributed by atoms with Crippen LogP contribution in [0.25, 0.3) is 0 Å². The maximum absolute atomic E-state index is 14.7. The zero-order chi connectivity index (χ0) is 33.9. The normalized spacial score (nSPS) is 27.4. The first kappa shape index (κ1) is 35.8. The summed E-state index contributed by atoms with van der Waals surface area (Å²) in [4.78, 5) is 48.8. The number of carboxylic acid groups (broad SMARTS) is 1. The van der Waals surface area contributed by atoms with Crippen LogP contribution in [0.2, 0.25) is 5.02 Å². The molecule has 5 rings (SSSR count). The molecule has 47 heavy (non-hydrogen) atoms. The van der Waals surface area contributed by atoms with Crippen molar-refractivity contribution in [2.45, 2.75) is 154 Å². The number of fused-ring (bicyclic) bond motifs is 2. The van der Waals surface area contributed by atoms with E-state index in [9.17, 15) is 19.5 Å². The summed E-state index contributed by atoms with van der Waals surface area (Å²) in [5, 5.41) is 14.4. The second-order valence-electron chi connectivity index (χ2n) is 15.5. The lowest BCUT2D eigenvalue weighted by atomic mass is 9.79. The molecule has 1 aromatic rings. The molecule has 1 aromatic carbocycles. The van der Waals surface area contributed by atoms with Crippen molar-refractivity contribution in [1.29, 1.82) is 0 Å². The van der Waals surface area contributed by atoms with Crippen molar-refractivity contribution >= 4 is 29.6 Å². The van der Waals surface area contributed by atoms with Crippen molar-refractivity contribution < 1.29 is 19.5 Å². The van der Waals surface area contributed by atoms with Gasteiger partial charge in [0.1, 0.15) is 0 Å². The molecule has 0 radical (unpaired) electrons. The van der Waals surface area contributed by atoms with Crippen LogP contribution in [0.4, 0.5) is 9.59 Å². The smallest absolute Gasteiger partial charge is 0.407 e. The minimum atomic E-state index is -0.877. The maximum atomic E-state index is 14.7. The van der Waals surface area contributed by atoms with E-state index in [0.717, 1.165) is 44.1 Å². The van der Waals surface area contributed by atoms with Crippen molar-refractivity contribution in [2.24, 2.45) is 5.41 Å². The molecule has 1 aliphatic carbocycles. The van der Waals surface area contributed by atoms with Crippen LogP contribution < -0.4 is 5.32 Å². The lowest BCUT2D eigenvalue weighted by Crippen LogP contribution is -2.62. The van der Waals surface area contributed by atoms with E-state index in [4.69, 9.17) is 11.6 Å². The van der Waals surface area contributed by atoms with E-state index in [1.54, 1.807) is 4.90 Å². The number of benzene rings is 1. The largest absolute Gasteiger partial charge is 0.465 e. The van der Waals surface area contributed by atoms with Crippen LogP contribution in [-0.2, 0) is 11.2 Å². The van der Waals surface area contributed by atoms with Gasteiger partial charge < -0.3 is 30.0 Å². The van der Waals surface area contributed by atoms with Crippen LogP contribution in [0.15, 0.2) is 24.3 Å². The van der Waals surface area contributed by atoms with Crippen LogP contribution in [0, 0.1) is 5.41 Å². The molecule has 3 aliphatic heterocycles. The molecule has 4 fully saturated rings. The first-order valence-corrected chi connectivity index (χ1v) is 18.7. The molecular formula is C37H58ClN5O4. The number of nitrogens with zero attached hydrogens (tertiary/aromatic N) is 4. The Morgan fingerprint density at radius 1 is 0.915 bits per heavy atom. The number of rotatable bonds is 9. The molecule has 10 heteroatoms. The van der Waals surface area contributed by atoms with Gasteiger partial charge in [0.15, 0.2) is 0 Å².